The molecule has 0 aliphatic carbocycles. The standard InChI is InChI=1S/C20H23NO4/c1-12(2)25-17-8-6-5-7-14(17)15-11-19(22)21-16-9-13(23-3)10-18(24-4)20(15)16/h5-10,12,15H,11H2,1-4H3,(H,21,22)/t15-/m1/s1. The van der Waals surface area contributed by atoms with Crippen LogP contribution in [0.4, 0.5) is 5.69 Å². The Morgan fingerprint density at radius 3 is 2.52 bits per heavy atom. The van der Waals surface area contributed by atoms with Gasteiger partial charge in [-0.15, -0.1) is 0 Å². The van der Waals surface area contributed by atoms with E-state index in [0.29, 0.717) is 17.9 Å². The Balaban J connectivity index is 2.16. The summed E-state index contributed by atoms with van der Waals surface area (Å²) in [7, 11) is 3.22. The fourth-order valence-corrected chi connectivity index (χ4v) is 3.23. The van der Waals surface area contributed by atoms with Crippen molar-refractivity contribution in [3.8, 4) is 17.2 Å². The van der Waals surface area contributed by atoms with Crippen molar-refractivity contribution >= 4 is 11.6 Å². The number of carbonyl (C=O) groups is 1. The quantitative estimate of drug-likeness (QED) is 0.894. The lowest BCUT2D eigenvalue weighted by molar-refractivity contribution is -0.116. The number of fused-ring (bicyclic) bond motifs is 1. The van der Waals surface area contributed by atoms with Crippen LogP contribution >= 0.6 is 0 Å². The summed E-state index contributed by atoms with van der Waals surface area (Å²) in [6.07, 6.45) is 0.393. The molecule has 5 nitrogen and oxygen atoms in total. The van der Waals surface area contributed by atoms with Crippen molar-refractivity contribution in [2.75, 3.05) is 19.5 Å². The van der Waals surface area contributed by atoms with Crippen molar-refractivity contribution in [2.45, 2.75) is 32.3 Å². The average molecular weight is 341 g/mol. The van der Waals surface area contributed by atoms with E-state index in [1.807, 2.05) is 50.2 Å². The molecule has 0 saturated carbocycles. The van der Waals surface area contributed by atoms with Crippen LogP contribution in [0.15, 0.2) is 36.4 Å². The summed E-state index contributed by atoms with van der Waals surface area (Å²) in [6.45, 7) is 3.98. The third kappa shape index (κ3) is 3.40. The molecule has 132 valence electrons. The van der Waals surface area contributed by atoms with Crippen molar-refractivity contribution in [2.24, 2.45) is 0 Å². The molecular formula is C20H23NO4. The van der Waals surface area contributed by atoms with E-state index >= 15 is 0 Å². The van der Waals surface area contributed by atoms with E-state index in [2.05, 4.69) is 5.32 Å². The predicted molar refractivity (Wildman–Crippen MR) is 96.8 cm³/mol. The summed E-state index contributed by atoms with van der Waals surface area (Å²) in [4.78, 5) is 12.3. The van der Waals surface area contributed by atoms with Crippen LogP contribution in [-0.2, 0) is 4.79 Å². The lowest BCUT2D eigenvalue weighted by atomic mass is 9.83. The highest BCUT2D eigenvalue weighted by Gasteiger charge is 2.32. The summed E-state index contributed by atoms with van der Waals surface area (Å²) in [5.41, 5.74) is 2.65. The minimum absolute atomic E-state index is 0.0350. The van der Waals surface area contributed by atoms with E-state index in [4.69, 9.17) is 14.2 Å². The molecule has 3 rings (SSSR count). The highest BCUT2D eigenvalue weighted by Crippen LogP contribution is 2.46. The monoisotopic (exact) mass is 341 g/mol. The van der Waals surface area contributed by atoms with Crippen LogP contribution in [0, 0.1) is 0 Å². The van der Waals surface area contributed by atoms with E-state index < -0.39 is 0 Å². The summed E-state index contributed by atoms with van der Waals surface area (Å²) < 4.78 is 16.9. The number of anilines is 1. The third-order valence-electron chi connectivity index (χ3n) is 4.24. The van der Waals surface area contributed by atoms with Gasteiger partial charge in [0.25, 0.3) is 0 Å². The smallest absolute Gasteiger partial charge is 0.225 e. The Hall–Kier alpha value is -2.69. The Bertz CT molecular complexity index is 785. The second-order valence-corrected chi connectivity index (χ2v) is 6.30. The van der Waals surface area contributed by atoms with E-state index in [0.717, 1.165) is 22.6 Å². The van der Waals surface area contributed by atoms with Gasteiger partial charge in [-0.1, -0.05) is 18.2 Å². The Morgan fingerprint density at radius 1 is 1.08 bits per heavy atom. The van der Waals surface area contributed by atoms with E-state index in [1.54, 1.807) is 14.2 Å². The average Bonchev–Trinajstić information content (AvgIpc) is 2.59. The van der Waals surface area contributed by atoms with Crippen molar-refractivity contribution in [1.82, 2.24) is 0 Å². The van der Waals surface area contributed by atoms with Gasteiger partial charge in [0, 0.05) is 35.6 Å². The lowest BCUT2D eigenvalue weighted by Gasteiger charge is -2.29. The molecule has 2 aromatic carbocycles. The molecule has 1 amide bonds. The fourth-order valence-electron chi connectivity index (χ4n) is 3.23. The van der Waals surface area contributed by atoms with Gasteiger partial charge in [0.1, 0.15) is 17.2 Å². The second-order valence-electron chi connectivity index (χ2n) is 6.30. The largest absolute Gasteiger partial charge is 0.497 e. The zero-order valence-corrected chi connectivity index (χ0v) is 15.0. The van der Waals surface area contributed by atoms with Crippen LogP contribution in [0.5, 0.6) is 17.2 Å². The highest BCUT2D eigenvalue weighted by molar-refractivity contribution is 5.96. The number of ether oxygens (including phenoxy) is 3. The van der Waals surface area contributed by atoms with Gasteiger partial charge in [-0.3, -0.25) is 4.79 Å². The van der Waals surface area contributed by atoms with Crippen LogP contribution in [0.3, 0.4) is 0 Å². The van der Waals surface area contributed by atoms with E-state index in [9.17, 15) is 4.79 Å². The number of methoxy groups -OCH3 is 2. The molecule has 0 aromatic heterocycles. The van der Waals surface area contributed by atoms with Gasteiger partial charge in [-0.25, -0.2) is 0 Å². The number of amides is 1. The Kier molecular flexibility index (Phi) is 4.83. The minimum atomic E-state index is -0.139. The molecule has 0 bridgehead atoms. The van der Waals surface area contributed by atoms with Gasteiger partial charge in [0.15, 0.2) is 0 Å². The molecule has 1 atom stereocenters. The highest BCUT2D eigenvalue weighted by atomic mass is 16.5. The van der Waals surface area contributed by atoms with Crippen LogP contribution < -0.4 is 19.5 Å². The van der Waals surface area contributed by atoms with Gasteiger partial charge >= 0.3 is 0 Å². The van der Waals surface area contributed by atoms with Crippen molar-refractivity contribution in [3.05, 3.63) is 47.5 Å². The van der Waals surface area contributed by atoms with Crippen LogP contribution in [0.25, 0.3) is 0 Å². The number of benzene rings is 2. The molecule has 2 aromatic rings. The summed E-state index contributed by atoms with van der Waals surface area (Å²) >= 11 is 0. The molecule has 0 unspecified atom stereocenters. The van der Waals surface area contributed by atoms with Crippen LogP contribution in [0.2, 0.25) is 0 Å². The minimum Gasteiger partial charge on any atom is -0.497 e. The van der Waals surface area contributed by atoms with Gasteiger partial charge in [-0.05, 0) is 19.9 Å². The zero-order chi connectivity index (χ0) is 18.0. The van der Waals surface area contributed by atoms with Gasteiger partial charge in [-0.2, -0.15) is 0 Å². The van der Waals surface area contributed by atoms with Crippen molar-refractivity contribution in [3.63, 3.8) is 0 Å². The zero-order valence-electron chi connectivity index (χ0n) is 15.0. The van der Waals surface area contributed by atoms with Crippen LogP contribution in [0.1, 0.15) is 37.3 Å². The molecule has 25 heavy (non-hydrogen) atoms. The maximum atomic E-state index is 12.3. The molecule has 5 heteroatoms. The first-order valence-corrected chi connectivity index (χ1v) is 8.34. The molecule has 1 N–H and O–H groups in total. The molecule has 1 aliphatic heterocycles. The maximum Gasteiger partial charge on any atom is 0.225 e. The number of para-hydroxylation sites is 1. The first-order chi connectivity index (χ1) is 12.0. The van der Waals surface area contributed by atoms with Crippen molar-refractivity contribution < 1.29 is 19.0 Å². The maximum absolute atomic E-state index is 12.3. The molecule has 0 saturated heterocycles. The normalized spacial score (nSPS) is 16.2. The topological polar surface area (TPSA) is 56.8 Å². The molecule has 0 fully saturated rings. The summed E-state index contributed by atoms with van der Waals surface area (Å²) in [5.74, 6) is 1.95. The van der Waals surface area contributed by atoms with Gasteiger partial charge in [0.2, 0.25) is 5.91 Å². The fraction of sp³-hybridized carbons (Fsp3) is 0.350. The van der Waals surface area contributed by atoms with E-state index in [-0.39, 0.29) is 17.9 Å². The predicted octanol–water partition coefficient (Wildman–Crippen LogP) is 3.97. The Morgan fingerprint density at radius 2 is 1.84 bits per heavy atom. The first kappa shape index (κ1) is 17.1. The second kappa shape index (κ2) is 7.05. The third-order valence-corrected chi connectivity index (χ3v) is 4.24. The number of carbonyl (C=O) groups excluding carboxylic acids is 1. The molecule has 1 aliphatic rings. The number of hydrogen-bond acceptors (Lipinski definition) is 4. The summed E-state index contributed by atoms with van der Waals surface area (Å²) in [6, 6.07) is 11.5. The SMILES string of the molecule is COc1cc2c(c(OC)c1)[C@@H](c1ccccc1OC(C)C)CC(=O)N2. The number of nitrogens with one attached hydrogen (secondary N) is 1. The molecule has 0 spiro atoms. The number of rotatable bonds is 5. The van der Waals surface area contributed by atoms with E-state index in [1.165, 1.54) is 0 Å². The van der Waals surface area contributed by atoms with Crippen molar-refractivity contribution in [1.29, 1.82) is 0 Å². The Labute approximate surface area is 147 Å². The van der Waals surface area contributed by atoms with Crippen LogP contribution in [-0.4, -0.2) is 26.2 Å². The summed E-state index contributed by atoms with van der Waals surface area (Å²) in [5, 5.41) is 2.93. The van der Waals surface area contributed by atoms with Gasteiger partial charge in [0.05, 0.1) is 26.0 Å². The molecule has 1 heterocycles. The first-order valence-electron chi connectivity index (χ1n) is 8.34. The molecular weight excluding hydrogens is 318 g/mol. The lowest BCUT2D eigenvalue weighted by Crippen LogP contribution is -2.24. The number of hydrogen-bond donors (Lipinski definition) is 1. The van der Waals surface area contributed by atoms with Gasteiger partial charge < -0.3 is 19.5 Å². The molecule has 0 radical (unpaired) electrons.